The zero-order valence-electron chi connectivity index (χ0n) is 16.8. The highest BCUT2D eigenvalue weighted by atomic mass is 16.6. The van der Waals surface area contributed by atoms with E-state index >= 15 is 0 Å². The molecule has 0 unspecified atom stereocenters. The van der Waals surface area contributed by atoms with E-state index in [1.165, 1.54) is 18.0 Å². The van der Waals surface area contributed by atoms with Crippen LogP contribution in [0.3, 0.4) is 0 Å². The van der Waals surface area contributed by atoms with Crippen LogP contribution in [-0.4, -0.2) is 28.4 Å². The molecule has 150 valence electrons. The van der Waals surface area contributed by atoms with E-state index in [0.717, 1.165) is 37.9 Å². The van der Waals surface area contributed by atoms with Crippen LogP contribution < -0.4 is 0 Å². The van der Waals surface area contributed by atoms with E-state index in [2.05, 4.69) is 46.3 Å². The summed E-state index contributed by atoms with van der Waals surface area (Å²) >= 11 is 0. The molecule has 0 spiro atoms. The van der Waals surface area contributed by atoms with Gasteiger partial charge in [-0.1, -0.05) is 29.8 Å². The fourth-order valence-corrected chi connectivity index (χ4v) is 3.20. The summed E-state index contributed by atoms with van der Waals surface area (Å²) in [5, 5.41) is 5.38. The number of rotatable bonds is 10. The minimum atomic E-state index is -1.01. The van der Waals surface area contributed by atoms with Crippen molar-refractivity contribution in [3.05, 3.63) is 54.0 Å². The third-order valence-electron chi connectivity index (χ3n) is 4.87. The van der Waals surface area contributed by atoms with Crippen LogP contribution in [-0.2, 0) is 33.8 Å². The number of nitrogens with zero attached hydrogens (tertiary/aromatic N) is 2. The van der Waals surface area contributed by atoms with E-state index in [-0.39, 0.29) is 6.61 Å². The molecule has 28 heavy (non-hydrogen) atoms. The number of fused-ring (bicyclic) bond motifs is 1. The monoisotopic (exact) mass is 384 g/mol. The van der Waals surface area contributed by atoms with E-state index in [0.29, 0.717) is 5.76 Å². The van der Waals surface area contributed by atoms with Crippen molar-refractivity contribution in [2.24, 2.45) is 0 Å². The number of benzene rings is 1. The number of hydrogen-bond donors (Lipinski definition) is 0. The Balaban J connectivity index is 1.38. The Hall–Kier alpha value is -2.60. The predicted molar refractivity (Wildman–Crippen MR) is 107 cm³/mol. The van der Waals surface area contributed by atoms with Gasteiger partial charge in [-0.15, -0.1) is 0 Å². The average molecular weight is 384 g/mol. The third-order valence-corrected chi connectivity index (χ3v) is 4.87. The predicted octanol–water partition coefficient (Wildman–Crippen LogP) is 4.51. The molecule has 0 amide bonds. The second kappa shape index (κ2) is 9.06. The number of carbonyl (C=O) groups is 1. The zero-order valence-corrected chi connectivity index (χ0v) is 16.8. The summed E-state index contributed by atoms with van der Waals surface area (Å²) in [7, 11) is 1.35. The molecule has 2 heterocycles. The Bertz CT molecular complexity index is 910. The van der Waals surface area contributed by atoms with Crippen LogP contribution in [0.4, 0.5) is 0 Å². The first-order valence-electron chi connectivity index (χ1n) is 9.70. The highest BCUT2D eigenvalue weighted by molar-refractivity contribution is 5.80. The molecule has 0 aliphatic rings. The van der Waals surface area contributed by atoms with Crippen LogP contribution in [0, 0.1) is 0 Å². The number of aromatic nitrogens is 2. The van der Waals surface area contributed by atoms with Crippen LogP contribution in [0.1, 0.15) is 44.6 Å². The van der Waals surface area contributed by atoms with Gasteiger partial charge in [-0.2, -0.15) is 0 Å². The van der Waals surface area contributed by atoms with Gasteiger partial charge in [-0.3, -0.25) is 0 Å². The van der Waals surface area contributed by atoms with Crippen LogP contribution >= 0.6 is 0 Å². The summed E-state index contributed by atoms with van der Waals surface area (Å²) in [5.74, 6) is 0.202. The summed E-state index contributed by atoms with van der Waals surface area (Å²) in [5.41, 5.74) is 1.20. The van der Waals surface area contributed by atoms with Gasteiger partial charge < -0.3 is 18.6 Å². The lowest BCUT2D eigenvalue weighted by Crippen LogP contribution is -2.35. The first-order chi connectivity index (χ1) is 13.5. The van der Waals surface area contributed by atoms with Crippen molar-refractivity contribution in [2.75, 3.05) is 7.11 Å². The Morgan fingerprint density at radius 3 is 2.82 bits per heavy atom. The van der Waals surface area contributed by atoms with Gasteiger partial charge in [0.1, 0.15) is 6.61 Å². The van der Waals surface area contributed by atoms with Crippen molar-refractivity contribution in [1.82, 2.24) is 9.72 Å². The van der Waals surface area contributed by atoms with Gasteiger partial charge in [0.15, 0.2) is 11.4 Å². The van der Waals surface area contributed by atoms with Gasteiger partial charge in [-0.05, 0) is 50.6 Å². The normalized spacial score (nSPS) is 11.8. The van der Waals surface area contributed by atoms with E-state index in [1.54, 1.807) is 13.8 Å². The lowest BCUT2D eigenvalue weighted by Gasteiger charge is -2.21. The van der Waals surface area contributed by atoms with E-state index in [4.69, 9.17) is 14.0 Å². The molecule has 3 aromatic rings. The maximum atomic E-state index is 11.6. The lowest BCUT2D eigenvalue weighted by atomic mass is 10.1. The van der Waals surface area contributed by atoms with Gasteiger partial charge in [0, 0.05) is 24.3 Å². The number of methoxy groups -OCH3 is 1. The van der Waals surface area contributed by atoms with Crippen LogP contribution in [0.5, 0.6) is 0 Å². The van der Waals surface area contributed by atoms with Gasteiger partial charge in [0.05, 0.1) is 12.8 Å². The summed E-state index contributed by atoms with van der Waals surface area (Å²) in [6.45, 7) is 4.55. The largest absolute Gasteiger partial charge is 0.467 e. The molecule has 0 saturated heterocycles. The molecule has 0 bridgehead atoms. The van der Waals surface area contributed by atoms with Crippen LogP contribution in [0.25, 0.3) is 10.9 Å². The van der Waals surface area contributed by atoms with Crippen LogP contribution in [0.2, 0.25) is 0 Å². The number of unbranched alkanes of at least 4 members (excludes halogenated alkanes) is 2. The molecular formula is C22H28N2O4. The number of esters is 1. The highest BCUT2D eigenvalue weighted by Gasteiger charge is 2.30. The Morgan fingerprint density at radius 2 is 2.00 bits per heavy atom. The molecule has 6 nitrogen and oxygen atoms in total. The van der Waals surface area contributed by atoms with Gasteiger partial charge >= 0.3 is 5.97 Å². The molecular weight excluding hydrogens is 356 g/mol. The molecule has 1 aromatic carbocycles. The van der Waals surface area contributed by atoms with Crippen molar-refractivity contribution < 1.29 is 18.8 Å². The molecule has 0 aliphatic heterocycles. The van der Waals surface area contributed by atoms with Crippen LogP contribution in [0.15, 0.2) is 47.1 Å². The first-order valence-corrected chi connectivity index (χ1v) is 9.70. The van der Waals surface area contributed by atoms with Crippen molar-refractivity contribution in [2.45, 2.75) is 58.3 Å². The number of ether oxygens (including phenoxy) is 2. The zero-order chi connectivity index (χ0) is 20.0. The molecule has 6 heteroatoms. The quantitative estimate of drug-likeness (QED) is 0.380. The molecule has 0 aliphatic carbocycles. The molecule has 0 radical (unpaired) electrons. The number of aryl methyl sites for hydroxylation is 2. The second-order valence-electron chi connectivity index (χ2n) is 7.45. The number of para-hydroxylation sites is 1. The van der Waals surface area contributed by atoms with Gasteiger partial charge in [0.2, 0.25) is 0 Å². The summed E-state index contributed by atoms with van der Waals surface area (Å²) in [4.78, 5) is 11.6. The average Bonchev–Trinajstić information content (AvgIpc) is 3.32. The van der Waals surface area contributed by atoms with Crippen molar-refractivity contribution in [3.8, 4) is 0 Å². The summed E-state index contributed by atoms with van der Waals surface area (Å²) in [6.07, 6.45) is 6.33. The topological polar surface area (TPSA) is 66.5 Å². The Morgan fingerprint density at radius 1 is 1.18 bits per heavy atom. The molecule has 3 rings (SSSR count). The molecule has 0 N–H and O–H groups in total. The smallest absolute Gasteiger partial charge is 0.337 e. The van der Waals surface area contributed by atoms with E-state index < -0.39 is 11.6 Å². The standard InChI is InChI=1S/C22H28N2O4/c1-22(2,21(25)26-3)27-16-19-15-18(23-28-19)10-5-4-8-13-24-14-12-17-9-6-7-11-20(17)24/h6-7,9,11-12,14-15H,4-5,8,10,13,16H2,1-3H3. The van der Waals surface area contributed by atoms with E-state index in [1.807, 2.05) is 6.07 Å². The Kier molecular flexibility index (Phi) is 6.52. The van der Waals surface area contributed by atoms with Gasteiger partial charge in [-0.25, -0.2) is 4.79 Å². The maximum absolute atomic E-state index is 11.6. The van der Waals surface area contributed by atoms with E-state index in [9.17, 15) is 4.79 Å². The van der Waals surface area contributed by atoms with Crippen molar-refractivity contribution >= 4 is 16.9 Å². The maximum Gasteiger partial charge on any atom is 0.337 e. The summed E-state index contributed by atoms with van der Waals surface area (Å²) < 4.78 is 17.9. The van der Waals surface area contributed by atoms with Crippen molar-refractivity contribution in [3.63, 3.8) is 0 Å². The number of hydrogen-bond acceptors (Lipinski definition) is 5. The lowest BCUT2D eigenvalue weighted by molar-refractivity contribution is -0.167. The molecule has 0 fully saturated rings. The fraction of sp³-hybridized carbons (Fsp3) is 0.455. The summed E-state index contributed by atoms with van der Waals surface area (Å²) in [6, 6.07) is 12.5. The molecule has 2 aromatic heterocycles. The molecule has 0 saturated carbocycles. The SMILES string of the molecule is COC(=O)C(C)(C)OCc1cc(CCCCCn2ccc3ccccc32)no1. The molecule has 0 atom stereocenters. The Labute approximate surface area is 165 Å². The fourth-order valence-electron chi connectivity index (χ4n) is 3.20. The second-order valence-corrected chi connectivity index (χ2v) is 7.45. The van der Waals surface area contributed by atoms with Crippen molar-refractivity contribution in [1.29, 1.82) is 0 Å². The highest BCUT2D eigenvalue weighted by Crippen LogP contribution is 2.18. The first kappa shape index (κ1) is 20.1. The third kappa shape index (κ3) is 5.01. The minimum Gasteiger partial charge on any atom is -0.467 e. The van der Waals surface area contributed by atoms with Gasteiger partial charge in [0.25, 0.3) is 0 Å². The number of carbonyl (C=O) groups excluding carboxylic acids is 1. The minimum absolute atomic E-state index is 0.190.